The van der Waals surface area contributed by atoms with Crippen molar-refractivity contribution in [3.05, 3.63) is 30.1 Å². The highest BCUT2D eigenvalue weighted by atomic mass is 16.5. The van der Waals surface area contributed by atoms with E-state index in [4.69, 9.17) is 10.5 Å². The van der Waals surface area contributed by atoms with Crippen LogP contribution in [0.4, 0.5) is 0 Å². The summed E-state index contributed by atoms with van der Waals surface area (Å²) >= 11 is 0. The molecule has 3 rings (SSSR count). The third-order valence-corrected chi connectivity index (χ3v) is 3.81. The Labute approximate surface area is 102 Å². The number of nitrogens with zero attached hydrogens (tertiary/aromatic N) is 2. The van der Waals surface area contributed by atoms with Gasteiger partial charge in [0.15, 0.2) is 0 Å². The maximum absolute atomic E-state index is 5.94. The van der Waals surface area contributed by atoms with Gasteiger partial charge >= 0.3 is 0 Å². The second-order valence-electron chi connectivity index (χ2n) is 4.95. The lowest BCUT2D eigenvalue weighted by Crippen LogP contribution is -2.46. The van der Waals surface area contributed by atoms with E-state index in [0.29, 0.717) is 18.8 Å². The van der Waals surface area contributed by atoms with Crippen LogP contribution in [0.2, 0.25) is 0 Å². The molecule has 4 heteroatoms. The first kappa shape index (κ1) is 11.1. The number of hydrogen-bond donors (Lipinski definition) is 1. The average molecular weight is 233 g/mol. The van der Waals surface area contributed by atoms with Crippen LogP contribution in [-0.4, -0.2) is 41.7 Å². The van der Waals surface area contributed by atoms with Gasteiger partial charge in [-0.15, -0.1) is 0 Å². The monoisotopic (exact) mass is 233 g/mol. The summed E-state index contributed by atoms with van der Waals surface area (Å²) in [6.45, 7) is 2.66. The van der Waals surface area contributed by atoms with Crippen molar-refractivity contribution in [2.45, 2.75) is 31.1 Å². The van der Waals surface area contributed by atoms with Gasteiger partial charge in [-0.05, 0) is 24.5 Å². The number of pyridine rings is 1. The van der Waals surface area contributed by atoms with Crippen molar-refractivity contribution in [2.24, 2.45) is 5.73 Å². The van der Waals surface area contributed by atoms with E-state index >= 15 is 0 Å². The molecule has 0 radical (unpaired) electrons. The quantitative estimate of drug-likeness (QED) is 0.844. The zero-order valence-corrected chi connectivity index (χ0v) is 9.96. The molecule has 2 N–H and O–H groups in total. The average Bonchev–Trinajstić information content (AvgIpc) is 2.71. The maximum Gasteiger partial charge on any atom is 0.0707 e. The van der Waals surface area contributed by atoms with Gasteiger partial charge in [-0.2, -0.15) is 0 Å². The van der Waals surface area contributed by atoms with Gasteiger partial charge < -0.3 is 10.5 Å². The third-order valence-electron chi connectivity index (χ3n) is 3.81. The molecule has 2 aliphatic rings. The molecule has 3 unspecified atom stereocenters. The minimum absolute atomic E-state index is 0.288. The Bertz CT molecular complexity index is 358. The predicted molar refractivity (Wildman–Crippen MR) is 65.5 cm³/mol. The molecule has 3 heterocycles. The summed E-state index contributed by atoms with van der Waals surface area (Å²) in [5, 5.41) is 0. The number of morpholine rings is 1. The van der Waals surface area contributed by atoms with Gasteiger partial charge in [0.2, 0.25) is 0 Å². The summed E-state index contributed by atoms with van der Waals surface area (Å²) in [7, 11) is 0. The number of ether oxygens (including phenoxy) is 1. The Morgan fingerprint density at radius 1 is 1.41 bits per heavy atom. The molecule has 0 amide bonds. The van der Waals surface area contributed by atoms with E-state index in [0.717, 1.165) is 13.1 Å². The molecular weight excluding hydrogens is 214 g/mol. The van der Waals surface area contributed by atoms with Gasteiger partial charge in [-0.1, -0.05) is 6.07 Å². The summed E-state index contributed by atoms with van der Waals surface area (Å²) < 4.78 is 5.86. The van der Waals surface area contributed by atoms with Crippen LogP contribution in [-0.2, 0) is 4.74 Å². The maximum atomic E-state index is 5.94. The summed E-state index contributed by atoms with van der Waals surface area (Å²) in [5.74, 6) is 0. The fraction of sp³-hybridized carbons (Fsp3) is 0.615. The number of fused-ring (bicyclic) bond motifs is 2. The standard InChI is InChI=1S/C13H19N3O/c14-6-13(10-2-1-5-15-7-10)16-8-11-3-4-12(9-16)17-11/h1-2,5,7,11-13H,3-4,6,8-9,14H2. The summed E-state index contributed by atoms with van der Waals surface area (Å²) in [6.07, 6.45) is 6.96. The highest BCUT2D eigenvalue weighted by Crippen LogP contribution is 2.31. The molecule has 2 bridgehead atoms. The fourth-order valence-electron chi connectivity index (χ4n) is 2.97. The number of rotatable bonds is 3. The fourth-order valence-corrected chi connectivity index (χ4v) is 2.97. The van der Waals surface area contributed by atoms with Gasteiger partial charge in [-0.3, -0.25) is 9.88 Å². The van der Waals surface area contributed by atoms with Crippen molar-refractivity contribution in [3.63, 3.8) is 0 Å². The molecule has 0 saturated carbocycles. The van der Waals surface area contributed by atoms with E-state index in [1.165, 1.54) is 18.4 Å². The van der Waals surface area contributed by atoms with Gasteiger partial charge in [-0.25, -0.2) is 0 Å². The van der Waals surface area contributed by atoms with E-state index in [-0.39, 0.29) is 6.04 Å². The van der Waals surface area contributed by atoms with E-state index in [1.54, 1.807) is 6.20 Å². The molecule has 4 nitrogen and oxygen atoms in total. The minimum Gasteiger partial charge on any atom is -0.372 e. The van der Waals surface area contributed by atoms with Crippen molar-refractivity contribution in [3.8, 4) is 0 Å². The molecule has 3 atom stereocenters. The Balaban J connectivity index is 1.77. The number of aromatic nitrogens is 1. The Morgan fingerprint density at radius 2 is 2.18 bits per heavy atom. The molecule has 0 aliphatic carbocycles. The van der Waals surface area contributed by atoms with E-state index < -0.39 is 0 Å². The predicted octanol–water partition coefficient (Wildman–Crippen LogP) is 0.945. The number of nitrogens with two attached hydrogens (primary N) is 1. The van der Waals surface area contributed by atoms with Crippen LogP contribution < -0.4 is 5.73 Å². The van der Waals surface area contributed by atoms with Gasteiger partial charge in [0.1, 0.15) is 0 Å². The van der Waals surface area contributed by atoms with E-state index in [9.17, 15) is 0 Å². The smallest absolute Gasteiger partial charge is 0.0707 e. The first-order chi connectivity index (χ1) is 8.36. The third kappa shape index (κ3) is 2.20. The minimum atomic E-state index is 0.288. The second kappa shape index (κ2) is 4.72. The molecule has 92 valence electrons. The highest BCUT2D eigenvalue weighted by molar-refractivity contribution is 5.15. The van der Waals surface area contributed by atoms with Gasteiger partial charge in [0, 0.05) is 38.1 Å². The highest BCUT2D eigenvalue weighted by Gasteiger charge is 2.36. The van der Waals surface area contributed by atoms with Crippen molar-refractivity contribution >= 4 is 0 Å². The Kier molecular flexibility index (Phi) is 3.09. The second-order valence-corrected chi connectivity index (χ2v) is 4.95. The molecule has 17 heavy (non-hydrogen) atoms. The van der Waals surface area contributed by atoms with Crippen molar-refractivity contribution in [1.82, 2.24) is 9.88 Å². The molecule has 0 aromatic carbocycles. The van der Waals surface area contributed by atoms with Crippen molar-refractivity contribution < 1.29 is 4.74 Å². The van der Waals surface area contributed by atoms with Crippen LogP contribution >= 0.6 is 0 Å². The van der Waals surface area contributed by atoms with E-state index in [2.05, 4.69) is 16.0 Å². The van der Waals surface area contributed by atoms with Crippen molar-refractivity contribution in [1.29, 1.82) is 0 Å². The molecule has 2 fully saturated rings. The zero-order chi connectivity index (χ0) is 11.7. The Morgan fingerprint density at radius 3 is 2.76 bits per heavy atom. The lowest BCUT2D eigenvalue weighted by Gasteiger charge is -2.37. The molecule has 2 saturated heterocycles. The van der Waals surface area contributed by atoms with Crippen LogP contribution in [0.1, 0.15) is 24.4 Å². The first-order valence-electron chi connectivity index (χ1n) is 6.36. The van der Waals surface area contributed by atoms with Crippen LogP contribution in [0.25, 0.3) is 0 Å². The lowest BCUT2D eigenvalue weighted by atomic mass is 10.1. The molecule has 1 aromatic rings. The molecular formula is C13H19N3O. The normalized spacial score (nSPS) is 30.4. The lowest BCUT2D eigenvalue weighted by molar-refractivity contribution is -0.0521. The Hall–Kier alpha value is -0.970. The summed E-state index contributed by atoms with van der Waals surface area (Å²) in [5.41, 5.74) is 7.16. The van der Waals surface area contributed by atoms with Crippen molar-refractivity contribution in [2.75, 3.05) is 19.6 Å². The number of likely N-dealkylation sites (tertiary alicyclic amines) is 1. The summed E-state index contributed by atoms with van der Waals surface area (Å²) in [6, 6.07) is 4.38. The van der Waals surface area contributed by atoms with Crippen LogP contribution in [0, 0.1) is 0 Å². The van der Waals surface area contributed by atoms with Crippen LogP contribution in [0.5, 0.6) is 0 Å². The van der Waals surface area contributed by atoms with Crippen LogP contribution in [0.15, 0.2) is 24.5 Å². The topological polar surface area (TPSA) is 51.4 Å². The summed E-state index contributed by atoms with van der Waals surface area (Å²) in [4.78, 5) is 6.65. The van der Waals surface area contributed by atoms with Gasteiger partial charge in [0.05, 0.1) is 12.2 Å². The SMILES string of the molecule is NCC(c1cccnc1)N1CC2CCC(C1)O2. The molecule has 1 aromatic heterocycles. The van der Waals surface area contributed by atoms with Gasteiger partial charge in [0.25, 0.3) is 0 Å². The largest absolute Gasteiger partial charge is 0.372 e. The molecule has 2 aliphatic heterocycles. The zero-order valence-electron chi connectivity index (χ0n) is 9.96. The van der Waals surface area contributed by atoms with E-state index in [1.807, 2.05) is 12.3 Å². The molecule has 0 spiro atoms. The van der Waals surface area contributed by atoms with Crippen LogP contribution in [0.3, 0.4) is 0 Å². The number of hydrogen-bond acceptors (Lipinski definition) is 4. The first-order valence-corrected chi connectivity index (χ1v) is 6.36.